The van der Waals surface area contributed by atoms with Crippen LogP contribution in [-0.2, 0) is 4.74 Å². The van der Waals surface area contributed by atoms with Crippen molar-refractivity contribution in [3.05, 3.63) is 181 Å². The topological polar surface area (TPSA) is 29.6 Å². The molecule has 0 aromatic heterocycles. The predicted molar refractivity (Wildman–Crippen MR) is 173 cm³/mol. The molecule has 0 bridgehead atoms. The van der Waals surface area contributed by atoms with E-state index in [2.05, 4.69) is 115 Å². The van der Waals surface area contributed by atoms with Crippen LogP contribution in [0.1, 0.15) is 10.4 Å². The lowest BCUT2D eigenvalue weighted by Gasteiger charge is -2.36. The second-order valence-corrected chi connectivity index (χ2v) is 14.6. The van der Waals surface area contributed by atoms with Gasteiger partial charge in [0.1, 0.15) is 0 Å². The Kier molecular flexibility index (Phi) is 6.85. The summed E-state index contributed by atoms with van der Waals surface area (Å²) in [5.41, 5.74) is -0.430. The van der Waals surface area contributed by atoms with E-state index in [-0.39, 0.29) is 5.78 Å². The highest BCUT2D eigenvalue weighted by Gasteiger charge is 2.79. The van der Waals surface area contributed by atoms with Crippen LogP contribution >= 0.6 is 15.8 Å². The van der Waals surface area contributed by atoms with E-state index in [1.54, 1.807) is 0 Å². The Bertz CT molecular complexity index is 1640. The summed E-state index contributed by atoms with van der Waals surface area (Å²) in [5.74, 6) is 0.00962. The molecular formula is C37H28O2P2. The van der Waals surface area contributed by atoms with Crippen LogP contribution in [0.4, 0.5) is 0 Å². The first-order chi connectivity index (χ1) is 20.2. The minimum absolute atomic E-state index is 0.00962. The predicted octanol–water partition coefficient (Wildman–Crippen LogP) is 7.05. The van der Waals surface area contributed by atoms with Crippen LogP contribution in [-0.4, -0.2) is 16.7 Å². The van der Waals surface area contributed by atoms with Gasteiger partial charge >= 0.3 is 0 Å². The molecule has 1 fully saturated rings. The largest absolute Gasteiger partial charge is 0.338 e. The maximum absolute atomic E-state index is 14.6. The first-order valence-electron chi connectivity index (χ1n) is 13.8. The fourth-order valence-electron chi connectivity index (χ4n) is 5.87. The molecule has 2 aliphatic rings. The van der Waals surface area contributed by atoms with Crippen molar-refractivity contribution in [1.29, 1.82) is 0 Å². The number of allylic oxidation sites excluding steroid dienone is 2. The molecule has 5 aromatic rings. The monoisotopic (exact) mass is 566 g/mol. The highest BCUT2D eigenvalue weighted by Crippen LogP contribution is 2.77. The molecule has 41 heavy (non-hydrogen) atoms. The zero-order valence-electron chi connectivity index (χ0n) is 22.4. The Labute approximate surface area is 243 Å². The van der Waals surface area contributed by atoms with E-state index >= 15 is 0 Å². The lowest BCUT2D eigenvalue weighted by atomic mass is 9.90. The molecule has 0 N–H and O–H groups in total. The zero-order chi connectivity index (χ0) is 27.7. The van der Waals surface area contributed by atoms with E-state index in [4.69, 9.17) is 4.74 Å². The van der Waals surface area contributed by atoms with Crippen molar-refractivity contribution >= 4 is 42.8 Å². The van der Waals surface area contributed by atoms with Gasteiger partial charge in [0.05, 0.1) is 0 Å². The van der Waals surface area contributed by atoms with Crippen LogP contribution in [0.25, 0.3) is 0 Å². The summed E-state index contributed by atoms with van der Waals surface area (Å²) in [7, 11) is -2.15. The fraction of sp³-hybridized carbons (Fsp3) is 0.0541. The van der Waals surface area contributed by atoms with Crippen LogP contribution in [0.5, 0.6) is 0 Å². The number of epoxide rings is 1. The van der Waals surface area contributed by atoms with Crippen molar-refractivity contribution in [2.75, 3.05) is 0 Å². The number of benzene rings is 5. The average Bonchev–Trinajstić information content (AvgIpc) is 3.75. The fourth-order valence-corrected chi connectivity index (χ4v) is 12.0. The summed E-state index contributed by atoms with van der Waals surface area (Å²) in [6.45, 7) is 0. The van der Waals surface area contributed by atoms with Crippen molar-refractivity contribution < 1.29 is 9.53 Å². The molecule has 5 aromatic carbocycles. The summed E-state index contributed by atoms with van der Waals surface area (Å²) < 4.78 is 7.12. The quantitative estimate of drug-likeness (QED) is 0.114. The number of ketones is 1. The van der Waals surface area contributed by atoms with Gasteiger partial charge in [0.25, 0.3) is 0 Å². The summed E-state index contributed by atoms with van der Waals surface area (Å²) in [5, 5.41) is 5.19. The summed E-state index contributed by atoms with van der Waals surface area (Å²) in [6, 6.07) is 52.2. The Balaban J connectivity index is 1.50. The minimum atomic E-state index is -1.15. The van der Waals surface area contributed by atoms with Crippen LogP contribution in [0.2, 0.25) is 0 Å². The first-order valence-corrected chi connectivity index (χ1v) is 16.4. The molecule has 4 heteroatoms. The van der Waals surface area contributed by atoms with Gasteiger partial charge in [-0.15, -0.1) is 0 Å². The normalized spacial score (nSPS) is 20.9. The van der Waals surface area contributed by atoms with E-state index in [9.17, 15) is 4.79 Å². The van der Waals surface area contributed by atoms with Crippen LogP contribution in [0, 0.1) is 0 Å². The number of Topliss-reactive ketones (excluding diaryl/α,β-unsaturated/α-hetero) is 1. The Morgan fingerprint density at radius 1 is 0.537 bits per heavy atom. The van der Waals surface area contributed by atoms with E-state index < -0.39 is 26.8 Å². The highest BCUT2D eigenvalue weighted by atomic mass is 31.1. The molecule has 0 spiro atoms. The van der Waals surface area contributed by atoms with Crippen molar-refractivity contribution in [2.24, 2.45) is 0 Å². The third kappa shape index (κ3) is 4.35. The number of ether oxygens (including phenoxy) is 1. The standard InChI is InChI=1S/C37H28O2P2/c38-35(29-17-6-1-7-18-29)36-28-16-27-34(40(30-19-8-2-9-20-30)31-21-10-3-11-22-31)37(36,39-36)41(32-23-12-4-13-24-32)33-25-14-5-15-26-33/h1-28H. The van der Waals surface area contributed by atoms with Gasteiger partial charge in [-0.05, 0) is 43.1 Å². The third-order valence-electron chi connectivity index (χ3n) is 7.69. The summed E-state index contributed by atoms with van der Waals surface area (Å²) in [6.07, 6.45) is 6.29. The molecule has 0 amide bonds. The van der Waals surface area contributed by atoms with Crippen LogP contribution in [0.15, 0.2) is 175 Å². The van der Waals surface area contributed by atoms with E-state index in [0.29, 0.717) is 5.56 Å². The van der Waals surface area contributed by atoms with E-state index in [1.807, 2.05) is 54.6 Å². The average molecular weight is 567 g/mol. The third-order valence-corrected chi connectivity index (χ3v) is 13.4. The summed E-state index contributed by atoms with van der Waals surface area (Å²) >= 11 is 0. The maximum atomic E-state index is 14.6. The van der Waals surface area contributed by atoms with Crippen molar-refractivity contribution in [1.82, 2.24) is 0 Å². The molecule has 2 nitrogen and oxygen atoms in total. The first kappa shape index (κ1) is 26.0. The molecule has 2 atom stereocenters. The minimum Gasteiger partial charge on any atom is -0.338 e. The van der Waals surface area contributed by atoms with Gasteiger partial charge in [-0.25, -0.2) is 0 Å². The second kappa shape index (κ2) is 10.8. The lowest BCUT2D eigenvalue weighted by molar-refractivity contribution is 0.0909. The van der Waals surface area contributed by atoms with Gasteiger partial charge in [0.15, 0.2) is 10.9 Å². The number of rotatable bonds is 8. The van der Waals surface area contributed by atoms with Gasteiger partial charge in [-0.3, -0.25) is 4.79 Å². The molecule has 198 valence electrons. The van der Waals surface area contributed by atoms with Crippen molar-refractivity contribution in [3.8, 4) is 0 Å². The Hall–Kier alpha value is -3.93. The molecule has 2 unspecified atom stereocenters. The van der Waals surface area contributed by atoms with E-state index in [0.717, 1.165) is 0 Å². The second-order valence-electron chi connectivity index (χ2n) is 10.1. The molecular weight excluding hydrogens is 538 g/mol. The SMILES string of the molecule is O=C(c1ccccc1)C12C=CC=C(P(c3ccccc3)c3ccccc3)C1(P(c1ccccc1)c1ccccc1)O2. The van der Waals surface area contributed by atoms with Crippen LogP contribution < -0.4 is 21.2 Å². The highest BCUT2D eigenvalue weighted by molar-refractivity contribution is 7.80. The number of carbonyl (C=O) groups is 1. The number of carbonyl (C=O) groups excluding carboxylic acids is 1. The molecule has 1 aliphatic carbocycles. The molecule has 1 saturated heterocycles. The smallest absolute Gasteiger partial charge is 0.202 e. The number of hydrogen-bond donors (Lipinski definition) is 0. The summed E-state index contributed by atoms with van der Waals surface area (Å²) in [4.78, 5) is 14.6. The van der Waals surface area contributed by atoms with Crippen LogP contribution in [0.3, 0.4) is 0 Å². The number of hydrogen-bond acceptors (Lipinski definition) is 2. The molecule has 0 saturated carbocycles. The van der Waals surface area contributed by atoms with Crippen molar-refractivity contribution in [3.63, 3.8) is 0 Å². The Morgan fingerprint density at radius 2 is 0.951 bits per heavy atom. The molecule has 1 heterocycles. The molecule has 7 rings (SSSR count). The van der Waals surface area contributed by atoms with Gasteiger partial charge < -0.3 is 4.74 Å². The lowest BCUT2D eigenvalue weighted by Crippen LogP contribution is -2.39. The van der Waals surface area contributed by atoms with Crippen molar-refractivity contribution in [2.45, 2.75) is 10.9 Å². The zero-order valence-corrected chi connectivity index (χ0v) is 24.2. The van der Waals surface area contributed by atoms with Gasteiger partial charge in [-0.2, -0.15) is 0 Å². The number of fused-ring (bicyclic) bond motifs is 1. The van der Waals surface area contributed by atoms with Gasteiger partial charge in [0.2, 0.25) is 5.78 Å². The maximum Gasteiger partial charge on any atom is 0.202 e. The Morgan fingerprint density at radius 3 is 1.41 bits per heavy atom. The molecule has 1 aliphatic heterocycles. The van der Waals surface area contributed by atoms with Gasteiger partial charge in [-0.1, -0.05) is 164 Å². The molecule has 0 radical (unpaired) electrons. The van der Waals surface area contributed by atoms with Gasteiger partial charge in [0, 0.05) is 10.9 Å². The van der Waals surface area contributed by atoms with E-state index in [1.165, 1.54) is 26.5 Å².